The lowest BCUT2D eigenvalue weighted by atomic mass is 10.1. The Bertz CT molecular complexity index is 425. The van der Waals surface area contributed by atoms with E-state index in [1.165, 1.54) is 19.3 Å². The highest BCUT2D eigenvalue weighted by Crippen LogP contribution is 2.19. The number of carbonyl (C=O) groups excluding carboxylic acids is 1. The summed E-state index contributed by atoms with van der Waals surface area (Å²) in [6.45, 7) is 6.18. The standard InChI is InChI=1S/C14H19N3O/c1-2-7-16-14(18)13-11-12(6-8-15-13)17-9-4-3-5-10-17/h2,6,8,11H,1,3-5,7,9-10H2,(H,16,18). The van der Waals surface area contributed by atoms with E-state index in [1.54, 1.807) is 12.3 Å². The number of amides is 1. The van der Waals surface area contributed by atoms with Crippen LogP contribution in [-0.4, -0.2) is 30.5 Å². The fourth-order valence-electron chi connectivity index (χ4n) is 2.15. The van der Waals surface area contributed by atoms with Gasteiger partial charge in [0.25, 0.3) is 5.91 Å². The van der Waals surface area contributed by atoms with Crippen LogP contribution in [0.25, 0.3) is 0 Å². The molecule has 1 fully saturated rings. The van der Waals surface area contributed by atoms with Gasteiger partial charge in [-0.1, -0.05) is 6.08 Å². The summed E-state index contributed by atoms with van der Waals surface area (Å²) in [5, 5.41) is 2.74. The molecule has 18 heavy (non-hydrogen) atoms. The van der Waals surface area contributed by atoms with Crippen molar-refractivity contribution < 1.29 is 4.79 Å². The van der Waals surface area contributed by atoms with Gasteiger partial charge >= 0.3 is 0 Å². The Kier molecular flexibility index (Phi) is 4.34. The van der Waals surface area contributed by atoms with Crippen LogP contribution in [0, 0.1) is 0 Å². The Morgan fingerprint density at radius 1 is 1.44 bits per heavy atom. The SMILES string of the molecule is C=CCNC(=O)c1cc(N2CCCCC2)ccn1. The molecule has 4 heteroatoms. The Morgan fingerprint density at radius 2 is 2.22 bits per heavy atom. The van der Waals surface area contributed by atoms with Crippen LogP contribution in [-0.2, 0) is 0 Å². The second kappa shape index (κ2) is 6.19. The number of nitrogens with one attached hydrogen (secondary N) is 1. The highest BCUT2D eigenvalue weighted by Gasteiger charge is 2.13. The Morgan fingerprint density at radius 3 is 2.94 bits per heavy atom. The summed E-state index contributed by atoms with van der Waals surface area (Å²) >= 11 is 0. The molecule has 1 N–H and O–H groups in total. The second-order valence-corrected chi connectivity index (χ2v) is 4.45. The molecule has 0 aliphatic carbocycles. The molecule has 0 spiro atoms. The maximum atomic E-state index is 11.8. The molecular weight excluding hydrogens is 226 g/mol. The summed E-state index contributed by atoms with van der Waals surface area (Å²) in [6.07, 6.45) is 7.11. The van der Waals surface area contributed by atoms with E-state index >= 15 is 0 Å². The molecule has 1 saturated heterocycles. The van der Waals surface area contributed by atoms with Crippen molar-refractivity contribution in [3.8, 4) is 0 Å². The molecule has 0 atom stereocenters. The van der Waals surface area contributed by atoms with Crippen LogP contribution in [0.4, 0.5) is 5.69 Å². The lowest BCUT2D eigenvalue weighted by Crippen LogP contribution is -2.30. The Labute approximate surface area is 108 Å². The third kappa shape index (κ3) is 3.09. The van der Waals surface area contributed by atoms with E-state index in [0.717, 1.165) is 18.8 Å². The topological polar surface area (TPSA) is 45.2 Å². The number of pyridine rings is 1. The molecule has 4 nitrogen and oxygen atoms in total. The molecule has 1 aliphatic heterocycles. The Hall–Kier alpha value is -1.84. The van der Waals surface area contributed by atoms with Gasteiger partial charge in [0, 0.05) is 31.5 Å². The average molecular weight is 245 g/mol. The predicted octanol–water partition coefficient (Wildman–Crippen LogP) is 1.99. The summed E-state index contributed by atoms with van der Waals surface area (Å²) in [5.74, 6) is -0.145. The average Bonchev–Trinajstić information content (AvgIpc) is 2.46. The predicted molar refractivity (Wildman–Crippen MR) is 72.8 cm³/mol. The molecule has 2 rings (SSSR count). The highest BCUT2D eigenvalue weighted by molar-refractivity contribution is 5.93. The van der Waals surface area contributed by atoms with E-state index in [9.17, 15) is 4.79 Å². The van der Waals surface area contributed by atoms with Crippen LogP contribution < -0.4 is 10.2 Å². The van der Waals surface area contributed by atoms with Gasteiger partial charge in [-0.25, -0.2) is 0 Å². The van der Waals surface area contributed by atoms with E-state index in [-0.39, 0.29) is 5.91 Å². The van der Waals surface area contributed by atoms with Crippen molar-refractivity contribution >= 4 is 11.6 Å². The van der Waals surface area contributed by atoms with Gasteiger partial charge < -0.3 is 10.2 Å². The van der Waals surface area contributed by atoms with E-state index < -0.39 is 0 Å². The fourth-order valence-corrected chi connectivity index (χ4v) is 2.15. The molecule has 0 saturated carbocycles. The first-order valence-electron chi connectivity index (χ1n) is 6.41. The summed E-state index contributed by atoms with van der Waals surface area (Å²) in [7, 11) is 0. The summed E-state index contributed by atoms with van der Waals surface area (Å²) in [6, 6.07) is 3.83. The third-order valence-electron chi connectivity index (χ3n) is 3.10. The largest absolute Gasteiger partial charge is 0.371 e. The van der Waals surface area contributed by atoms with Crippen molar-refractivity contribution in [3.63, 3.8) is 0 Å². The first-order valence-corrected chi connectivity index (χ1v) is 6.41. The maximum Gasteiger partial charge on any atom is 0.270 e. The first kappa shape index (κ1) is 12.6. The number of hydrogen-bond acceptors (Lipinski definition) is 3. The molecule has 96 valence electrons. The van der Waals surface area contributed by atoms with Crippen molar-refractivity contribution in [2.45, 2.75) is 19.3 Å². The number of rotatable bonds is 4. The smallest absolute Gasteiger partial charge is 0.270 e. The van der Waals surface area contributed by atoms with Crippen LogP contribution in [0.1, 0.15) is 29.8 Å². The molecule has 0 aromatic carbocycles. The van der Waals surface area contributed by atoms with Gasteiger partial charge in [0.2, 0.25) is 0 Å². The minimum absolute atomic E-state index is 0.145. The van der Waals surface area contributed by atoms with Gasteiger partial charge in [-0.05, 0) is 31.4 Å². The lowest BCUT2D eigenvalue weighted by Gasteiger charge is -2.28. The van der Waals surface area contributed by atoms with Crippen molar-refractivity contribution in [1.82, 2.24) is 10.3 Å². The van der Waals surface area contributed by atoms with Gasteiger partial charge in [0.15, 0.2) is 0 Å². The quantitative estimate of drug-likeness (QED) is 0.825. The molecular formula is C14H19N3O. The van der Waals surface area contributed by atoms with Crippen LogP contribution in [0.5, 0.6) is 0 Å². The zero-order valence-electron chi connectivity index (χ0n) is 10.6. The lowest BCUT2D eigenvalue weighted by molar-refractivity contribution is 0.0953. The normalized spacial score (nSPS) is 15.2. The number of aromatic nitrogens is 1. The maximum absolute atomic E-state index is 11.8. The third-order valence-corrected chi connectivity index (χ3v) is 3.10. The van der Waals surface area contributed by atoms with Crippen LogP contribution in [0.3, 0.4) is 0 Å². The number of nitrogens with zero attached hydrogens (tertiary/aromatic N) is 2. The van der Waals surface area contributed by atoms with Gasteiger partial charge in [0.1, 0.15) is 5.69 Å². The molecule has 0 bridgehead atoms. The zero-order chi connectivity index (χ0) is 12.8. The zero-order valence-corrected chi connectivity index (χ0v) is 10.6. The number of anilines is 1. The number of carbonyl (C=O) groups is 1. The Balaban J connectivity index is 2.08. The van der Waals surface area contributed by atoms with Crippen molar-refractivity contribution in [2.24, 2.45) is 0 Å². The number of hydrogen-bond donors (Lipinski definition) is 1. The van der Waals surface area contributed by atoms with E-state index in [2.05, 4.69) is 21.8 Å². The van der Waals surface area contributed by atoms with Gasteiger partial charge in [-0.3, -0.25) is 9.78 Å². The first-order chi connectivity index (χ1) is 8.81. The van der Waals surface area contributed by atoms with Crippen molar-refractivity contribution in [1.29, 1.82) is 0 Å². The van der Waals surface area contributed by atoms with Crippen LogP contribution >= 0.6 is 0 Å². The van der Waals surface area contributed by atoms with Gasteiger partial charge in [-0.15, -0.1) is 6.58 Å². The van der Waals surface area contributed by atoms with E-state index in [0.29, 0.717) is 12.2 Å². The summed E-state index contributed by atoms with van der Waals surface area (Å²) < 4.78 is 0. The molecule has 0 radical (unpaired) electrons. The van der Waals surface area contributed by atoms with Crippen molar-refractivity contribution in [3.05, 3.63) is 36.7 Å². The molecule has 1 aromatic heterocycles. The van der Waals surface area contributed by atoms with Gasteiger partial charge in [-0.2, -0.15) is 0 Å². The molecule has 1 aromatic rings. The monoisotopic (exact) mass is 245 g/mol. The minimum Gasteiger partial charge on any atom is -0.371 e. The summed E-state index contributed by atoms with van der Waals surface area (Å²) in [5.41, 5.74) is 1.56. The second-order valence-electron chi connectivity index (χ2n) is 4.45. The minimum atomic E-state index is -0.145. The van der Waals surface area contributed by atoms with Crippen molar-refractivity contribution in [2.75, 3.05) is 24.5 Å². The molecule has 2 heterocycles. The van der Waals surface area contributed by atoms with Gasteiger partial charge in [0.05, 0.1) is 0 Å². The molecule has 0 unspecified atom stereocenters. The fraction of sp³-hybridized carbons (Fsp3) is 0.429. The molecule has 1 amide bonds. The van der Waals surface area contributed by atoms with Crippen LogP contribution in [0.2, 0.25) is 0 Å². The molecule has 1 aliphatic rings. The van der Waals surface area contributed by atoms with E-state index in [4.69, 9.17) is 0 Å². The summed E-state index contributed by atoms with van der Waals surface area (Å²) in [4.78, 5) is 18.2. The highest BCUT2D eigenvalue weighted by atomic mass is 16.1. The van der Waals surface area contributed by atoms with Crippen LogP contribution in [0.15, 0.2) is 31.0 Å². The van der Waals surface area contributed by atoms with E-state index in [1.807, 2.05) is 12.1 Å². The number of piperidine rings is 1.